The van der Waals surface area contributed by atoms with Crippen LogP contribution in [0.2, 0.25) is 0 Å². The molecule has 2 N–H and O–H groups in total. The van der Waals surface area contributed by atoms with Crippen LogP contribution in [0.1, 0.15) is 38.7 Å². The summed E-state index contributed by atoms with van der Waals surface area (Å²) < 4.78 is 1.70. The second-order valence-electron chi connectivity index (χ2n) is 7.48. The van der Waals surface area contributed by atoms with Crippen LogP contribution in [0.3, 0.4) is 0 Å². The molecule has 1 aliphatic carbocycles. The molecule has 3 aromatic heterocycles. The lowest BCUT2D eigenvalue weighted by Crippen LogP contribution is -2.23. The van der Waals surface area contributed by atoms with Crippen LogP contribution in [0.15, 0.2) is 34.2 Å². The number of nitrogens with zero attached hydrogens (tertiary/aromatic N) is 3. The van der Waals surface area contributed by atoms with E-state index in [9.17, 15) is 9.59 Å². The Morgan fingerprint density at radius 1 is 1.29 bits per heavy atom. The fraction of sp³-hybridized carbons (Fsp3) is 0.412. The lowest BCUT2D eigenvalue weighted by molar-refractivity contribution is 0.343. The first-order chi connectivity index (χ1) is 11.3. The summed E-state index contributed by atoms with van der Waals surface area (Å²) in [5.41, 5.74) is 2.08. The van der Waals surface area contributed by atoms with Crippen molar-refractivity contribution in [2.75, 3.05) is 0 Å². The minimum Gasteiger partial charge on any atom is -0.313 e. The van der Waals surface area contributed by atoms with Crippen LogP contribution in [-0.2, 0) is 0 Å². The number of nitrogens with one attached hydrogen (secondary N) is 2. The molecule has 0 spiro atoms. The summed E-state index contributed by atoms with van der Waals surface area (Å²) in [6, 6.07) is 1.93. The summed E-state index contributed by atoms with van der Waals surface area (Å²) in [4.78, 5) is 32.5. The molecule has 24 heavy (non-hydrogen) atoms. The van der Waals surface area contributed by atoms with Gasteiger partial charge in [-0.15, -0.1) is 0 Å². The van der Waals surface area contributed by atoms with Crippen molar-refractivity contribution >= 4 is 5.65 Å². The zero-order valence-corrected chi connectivity index (χ0v) is 13.8. The smallest absolute Gasteiger partial charge is 0.313 e. The molecule has 0 bridgehead atoms. The Bertz CT molecular complexity index is 1040. The molecule has 0 radical (unpaired) electrons. The van der Waals surface area contributed by atoms with Crippen molar-refractivity contribution in [2.24, 2.45) is 11.3 Å². The average Bonchev–Trinajstić information content (AvgIpc) is 3.17. The predicted octanol–water partition coefficient (Wildman–Crippen LogP) is 1.92. The highest BCUT2D eigenvalue weighted by Crippen LogP contribution is 2.57. The standard InChI is InChI=1S/C17H19N5O2/c1-17(2,3)12-6-9(12)10-7-13(21-22-5-4-18-14(10)22)11-8-19-16(24)20-15(11)23/h4-5,7-9,12H,6H2,1-3H3,(H2,19,20,23,24)/t9-,12+/m1/s1. The van der Waals surface area contributed by atoms with Crippen molar-refractivity contribution in [2.45, 2.75) is 33.1 Å². The fourth-order valence-corrected chi connectivity index (χ4v) is 3.44. The maximum atomic E-state index is 12.1. The summed E-state index contributed by atoms with van der Waals surface area (Å²) >= 11 is 0. The van der Waals surface area contributed by atoms with E-state index < -0.39 is 11.2 Å². The Balaban J connectivity index is 1.87. The molecule has 2 atom stereocenters. The molecule has 0 saturated heterocycles. The third-order valence-corrected chi connectivity index (χ3v) is 4.79. The van der Waals surface area contributed by atoms with Crippen LogP contribution in [0.4, 0.5) is 0 Å². The molecule has 3 heterocycles. The van der Waals surface area contributed by atoms with Gasteiger partial charge in [-0.25, -0.2) is 14.3 Å². The molecule has 0 aromatic carbocycles. The van der Waals surface area contributed by atoms with E-state index in [0.29, 0.717) is 23.1 Å². The molecule has 0 unspecified atom stereocenters. The number of aromatic nitrogens is 5. The summed E-state index contributed by atoms with van der Waals surface area (Å²) in [5.74, 6) is 1.00. The van der Waals surface area contributed by atoms with Crippen molar-refractivity contribution in [1.82, 2.24) is 24.6 Å². The van der Waals surface area contributed by atoms with Gasteiger partial charge in [-0.3, -0.25) is 9.78 Å². The fourth-order valence-electron chi connectivity index (χ4n) is 3.44. The summed E-state index contributed by atoms with van der Waals surface area (Å²) in [6.45, 7) is 6.74. The summed E-state index contributed by atoms with van der Waals surface area (Å²) in [7, 11) is 0. The second kappa shape index (κ2) is 4.90. The number of hydrogen-bond donors (Lipinski definition) is 2. The minimum atomic E-state index is -0.525. The normalized spacial score (nSPS) is 20.5. The monoisotopic (exact) mass is 325 g/mol. The van der Waals surface area contributed by atoms with Gasteiger partial charge in [0.2, 0.25) is 0 Å². The zero-order valence-electron chi connectivity index (χ0n) is 13.8. The molecular weight excluding hydrogens is 306 g/mol. The lowest BCUT2D eigenvalue weighted by Gasteiger charge is -2.18. The Morgan fingerprint density at radius 2 is 2.08 bits per heavy atom. The Labute approximate surface area is 137 Å². The first kappa shape index (κ1) is 14.9. The molecular formula is C17H19N5O2. The van der Waals surface area contributed by atoms with Gasteiger partial charge in [0.1, 0.15) is 0 Å². The van der Waals surface area contributed by atoms with Gasteiger partial charge in [-0.2, -0.15) is 5.10 Å². The third kappa shape index (κ3) is 2.36. The molecule has 0 amide bonds. The number of aromatic amines is 2. The largest absolute Gasteiger partial charge is 0.325 e. The first-order valence-electron chi connectivity index (χ1n) is 8.01. The average molecular weight is 325 g/mol. The minimum absolute atomic E-state index is 0.229. The Hall–Kier alpha value is -2.70. The SMILES string of the molecule is CC(C)(C)[C@H]1C[C@@H]1c1cc(-c2c[nH]c(=O)[nH]c2=O)nn2ccnc12. The predicted molar refractivity (Wildman–Crippen MR) is 90.0 cm³/mol. The maximum Gasteiger partial charge on any atom is 0.325 e. The van der Waals surface area contributed by atoms with Gasteiger partial charge >= 0.3 is 5.69 Å². The van der Waals surface area contributed by atoms with E-state index in [1.807, 2.05) is 6.07 Å². The van der Waals surface area contributed by atoms with E-state index in [-0.39, 0.29) is 5.41 Å². The second-order valence-corrected chi connectivity index (χ2v) is 7.48. The van der Waals surface area contributed by atoms with E-state index in [2.05, 4.69) is 40.8 Å². The van der Waals surface area contributed by atoms with Crippen molar-refractivity contribution < 1.29 is 0 Å². The first-order valence-corrected chi connectivity index (χ1v) is 8.01. The number of hydrogen-bond acceptors (Lipinski definition) is 4. The molecule has 1 aliphatic rings. The Morgan fingerprint density at radius 3 is 2.75 bits per heavy atom. The number of fused-ring (bicyclic) bond motifs is 1. The van der Waals surface area contributed by atoms with Crippen molar-refractivity contribution in [3.63, 3.8) is 0 Å². The topological polar surface area (TPSA) is 95.9 Å². The van der Waals surface area contributed by atoms with Crippen LogP contribution in [-0.4, -0.2) is 24.6 Å². The van der Waals surface area contributed by atoms with Gasteiger partial charge in [0.05, 0.1) is 11.3 Å². The number of rotatable bonds is 2. The number of H-pyrrole nitrogens is 2. The van der Waals surface area contributed by atoms with Gasteiger partial charge in [0.15, 0.2) is 5.65 Å². The maximum absolute atomic E-state index is 12.1. The summed E-state index contributed by atoms with van der Waals surface area (Å²) in [6.07, 6.45) is 6.00. The molecule has 124 valence electrons. The van der Waals surface area contributed by atoms with Gasteiger partial charge in [-0.05, 0) is 29.7 Å². The molecule has 7 heteroatoms. The van der Waals surface area contributed by atoms with E-state index >= 15 is 0 Å². The van der Waals surface area contributed by atoms with Crippen LogP contribution >= 0.6 is 0 Å². The molecule has 7 nitrogen and oxygen atoms in total. The highest BCUT2D eigenvalue weighted by atomic mass is 16.2. The van der Waals surface area contributed by atoms with E-state index in [4.69, 9.17) is 0 Å². The molecule has 0 aliphatic heterocycles. The third-order valence-electron chi connectivity index (χ3n) is 4.79. The van der Waals surface area contributed by atoms with Crippen molar-refractivity contribution in [3.8, 4) is 11.3 Å². The van der Waals surface area contributed by atoms with Crippen LogP contribution in [0.25, 0.3) is 16.9 Å². The Kier molecular flexibility index (Phi) is 3.03. The molecule has 3 aromatic rings. The molecule has 4 rings (SSSR count). The quantitative estimate of drug-likeness (QED) is 0.752. The van der Waals surface area contributed by atoms with Gasteiger partial charge in [0, 0.05) is 24.2 Å². The van der Waals surface area contributed by atoms with E-state index in [0.717, 1.165) is 17.6 Å². The summed E-state index contributed by atoms with van der Waals surface area (Å²) in [5, 5.41) is 4.47. The highest BCUT2D eigenvalue weighted by molar-refractivity contribution is 5.63. The van der Waals surface area contributed by atoms with E-state index in [1.165, 1.54) is 6.20 Å². The highest BCUT2D eigenvalue weighted by Gasteiger charge is 2.47. The van der Waals surface area contributed by atoms with Gasteiger partial charge < -0.3 is 4.98 Å². The van der Waals surface area contributed by atoms with Crippen molar-refractivity contribution in [1.29, 1.82) is 0 Å². The van der Waals surface area contributed by atoms with Gasteiger partial charge in [-0.1, -0.05) is 20.8 Å². The van der Waals surface area contributed by atoms with Crippen LogP contribution < -0.4 is 11.2 Å². The van der Waals surface area contributed by atoms with Crippen molar-refractivity contribution in [3.05, 3.63) is 51.1 Å². The number of imidazole rings is 1. The van der Waals surface area contributed by atoms with E-state index in [1.54, 1.807) is 16.9 Å². The zero-order chi connectivity index (χ0) is 17.1. The van der Waals surface area contributed by atoms with Gasteiger partial charge in [0.25, 0.3) is 5.56 Å². The molecule has 1 saturated carbocycles. The van der Waals surface area contributed by atoms with Crippen LogP contribution in [0, 0.1) is 11.3 Å². The molecule has 1 fully saturated rings. The lowest BCUT2D eigenvalue weighted by atomic mass is 9.87. The van der Waals surface area contributed by atoms with Crippen LogP contribution in [0.5, 0.6) is 0 Å².